The van der Waals surface area contributed by atoms with Crippen molar-refractivity contribution in [1.82, 2.24) is 5.32 Å². The molecule has 0 radical (unpaired) electrons. The van der Waals surface area contributed by atoms with Crippen LogP contribution in [-0.4, -0.2) is 34.0 Å². The van der Waals surface area contributed by atoms with Gasteiger partial charge in [-0.05, 0) is 31.4 Å². The number of hydrogen-bond donors (Lipinski definition) is 2. The molecule has 1 rings (SSSR count). The summed E-state index contributed by atoms with van der Waals surface area (Å²) in [6, 6.07) is 0.321. The summed E-state index contributed by atoms with van der Waals surface area (Å²) in [5.74, 6) is 0.384. The summed E-state index contributed by atoms with van der Waals surface area (Å²) in [6.45, 7) is 2.15. The zero-order valence-corrected chi connectivity index (χ0v) is 11.8. The standard InChI is InChI=1S/C13H23NO3S/c1-2-18-11-7-5-6-10(11)14-12(15)8-3-4-9-13(16)17/h10-11H,2-9H2,1H3,(H,14,15)(H,16,17). The predicted molar refractivity (Wildman–Crippen MR) is 73.8 cm³/mol. The van der Waals surface area contributed by atoms with Crippen molar-refractivity contribution >= 4 is 23.6 Å². The molecule has 0 spiro atoms. The zero-order chi connectivity index (χ0) is 13.4. The monoisotopic (exact) mass is 273 g/mol. The molecule has 2 unspecified atom stereocenters. The van der Waals surface area contributed by atoms with Gasteiger partial charge in [0.05, 0.1) is 0 Å². The summed E-state index contributed by atoms with van der Waals surface area (Å²) in [7, 11) is 0. The minimum atomic E-state index is -0.786. The fourth-order valence-electron chi connectivity index (χ4n) is 2.35. The van der Waals surface area contributed by atoms with Gasteiger partial charge in [0.1, 0.15) is 0 Å². The number of amides is 1. The molecule has 2 atom stereocenters. The van der Waals surface area contributed by atoms with Crippen LogP contribution < -0.4 is 5.32 Å². The van der Waals surface area contributed by atoms with Gasteiger partial charge in [-0.2, -0.15) is 11.8 Å². The van der Waals surface area contributed by atoms with E-state index in [0.29, 0.717) is 30.6 Å². The first kappa shape index (κ1) is 15.3. The highest BCUT2D eigenvalue weighted by atomic mass is 32.2. The van der Waals surface area contributed by atoms with E-state index in [2.05, 4.69) is 12.2 Å². The van der Waals surface area contributed by atoms with E-state index in [1.807, 2.05) is 11.8 Å². The van der Waals surface area contributed by atoms with Crippen molar-refractivity contribution in [2.45, 2.75) is 63.2 Å². The minimum absolute atomic E-state index is 0.0778. The molecule has 2 N–H and O–H groups in total. The number of carbonyl (C=O) groups excluding carboxylic acids is 1. The highest BCUT2D eigenvalue weighted by Gasteiger charge is 2.28. The SMILES string of the molecule is CCSC1CCCC1NC(=O)CCCCC(=O)O. The number of carboxylic acid groups (broad SMARTS) is 1. The molecule has 0 aromatic rings. The van der Waals surface area contributed by atoms with Crippen molar-refractivity contribution in [3.8, 4) is 0 Å². The van der Waals surface area contributed by atoms with Crippen LogP contribution in [0.4, 0.5) is 0 Å². The maximum atomic E-state index is 11.7. The summed E-state index contributed by atoms with van der Waals surface area (Å²) >= 11 is 1.93. The minimum Gasteiger partial charge on any atom is -0.481 e. The molecular weight excluding hydrogens is 250 g/mol. The molecule has 0 aliphatic heterocycles. The molecule has 0 saturated heterocycles. The summed E-state index contributed by atoms with van der Waals surface area (Å²) in [6.07, 6.45) is 5.33. The maximum Gasteiger partial charge on any atom is 0.303 e. The van der Waals surface area contributed by atoms with Crippen molar-refractivity contribution in [2.24, 2.45) is 0 Å². The van der Waals surface area contributed by atoms with Gasteiger partial charge < -0.3 is 10.4 Å². The number of unbranched alkanes of at least 4 members (excludes halogenated alkanes) is 1. The van der Waals surface area contributed by atoms with Crippen LogP contribution in [-0.2, 0) is 9.59 Å². The Morgan fingerprint density at radius 1 is 1.28 bits per heavy atom. The van der Waals surface area contributed by atoms with Crippen molar-refractivity contribution < 1.29 is 14.7 Å². The highest BCUT2D eigenvalue weighted by Crippen LogP contribution is 2.29. The van der Waals surface area contributed by atoms with E-state index < -0.39 is 5.97 Å². The average Bonchev–Trinajstić information content (AvgIpc) is 2.72. The lowest BCUT2D eigenvalue weighted by atomic mass is 10.1. The van der Waals surface area contributed by atoms with E-state index in [-0.39, 0.29) is 12.3 Å². The molecule has 0 aromatic carbocycles. The van der Waals surface area contributed by atoms with E-state index in [4.69, 9.17) is 5.11 Å². The fourth-order valence-corrected chi connectivity index (χ4v) is 3.54. The first-order chi connectivity index (χ1) is 8.63. The van der Waals surface area contributed by atoms with E-state index in [1.54, 1.807) is 0 Å². The van der Waals surface area contributed by atoms with Gasteiger partial charge >= 0.3 is 5.97 Å². The number of rotatable bonds is 8. The van der Waals surface area contributed by atoms with Crippen LogP contribution >= 0.6 is 11.8 Å². The molecule has 0 bridgehead atoms. The molecule has 0 aromatic heterocycles. The molecule has 1 saturated carbocycles. The number of nitrogens with one attached hydrogen (secondary N) is 1. The lowest BCUT2D eigenvalue weighted by Gasteiger charge is -2.20. The van der Waals surface area contributed by atoms with Crippen LogP contribution in [0.3, 0.4) is 0 Å². The van der Waals surface area contributed by atoms with Gasteiger partial charge in [0.2, 0.25) is 5.91 Å². The van der Waals surface area contributed by atoms with Gasteiger partial charge in [0, 0.05) is 24.1 Å². The largest absolute Gasteiger partial charge is 0.481 e. The third-order valence-electron chi connectivity index (χ3n) is 3.22. The predicted octanol–water partition coefficient (Wildman–Crippen LogP) is 2.42. The maximum absolute atomic E-state index is 11.7. The van der Waals surface area contributed by atoms with E-state index in [0.717, 1.165) is 12.2 Å². The molecule has 18 heavy (non-hydrogen) atoms. The molecule has 1 aliphatic carbocycles. The second kappa shape index (κ2) is 8.40. The van der Waals surface area contributed by atoms with Crippen LogP contribution in [0.2, 0.25) is 0 Å². The molecule has 5 heteroatoms. The first-order valence-corrected chi connectivity index (χ1v) is 7.81. The summed E-state index contributed by atoms with van der Waals surface area (Å²) in [4.78, 5) is 22.1. The van der Waals surface area contributed by atoms with Crippen molar-refractivity contribution in [3.63, 3.8) is 0 Å². The lowest BCUT2D eigenvalue weighted by Crippen LogP contribution is -2.38. The summed E-state index contributed by atoms with van der Waals surface area (Å²) in [5, 5.41) is 12.2. The first-order valence-electron chi connectivity index (χ1n) is 6.76. The Balaban J connectivity index is 2.16. The molecule has 0 heterocycles. The number of thioether (sulfide) groups is 1. The Labute approximate surface area is 113 Å². The lowest BCUT2D eigenvalue weighted by molar-refractivity contribution is -0.137. The zero-order valence-electron chi connectivity index (χ0n) is 11.0. The van der Waals surface area contributed by atoms with Crippen molar-refractivity contribution in [1.29, 1.82) is 0 Å². The molecular formula is C13H23NO3S. The van der Waals surface area contributed by atoms with E-state index in [9.17, 15) is 9.59 Å². The number of carboxylic acids is 1. The van der Waals surface area contributed by atoms with Gasteiger partial charge in [-0.3, -0.25) is 9.59 Å². The van der Waals surface area contributed by atoms with Gasteiger partial charge in [0.25, 0.3) is 0 Å². The molecule has 1 aliphatic rings. The molecule has 1 amide bonds. The molecule has 104 valence electrons. The Morgan fingerprint density at radius 2 is 2.00 bits per heavy atom. The number of hydrogen-bond acceptors (Lipinski definition) is 3. The van der Waals surface area contributed by atoms with E-state index >= 15 is 0 Å². The smallest absolute Gasteiger partial charge is 0.303 e. The summed E-state index contributed by atoms with van der Waals surface area (Å²) < 4.78 is 0. The van der Waals surface area contributed by atoms with Crippen LogP contribution in [0.5, 0.6) is 0 Å². The number of aliphatic carboxylic acids is 1. The van der Waals surface area contributed by atoms with Crippen molar-refractivity contribution in [3.05, 3.63) is 0 Å². The topological polar surface area (TPSA) is 66.4 Å². The average molecular weight is 273 g/mol. The normalized spacial score (nSPS) is 22.9. The summed E-state index contributed by atoms with van der Waals surface area (Å²) in [5.41, 5.74) is 0. The Bertz CT molecular complexity index is 283. The van der Waals surface area contributed by atoms with Crippen LogP contribution in [0.15, 0.2) is 0 Å². The highest BCUT2D eigenvalue weighted by molar-refractivity contribution is 7.99. The molecule has 1 fully saturated rings. The van der Waals surface area contributed by atoms with E-state index in [1.165, 1.54) is 12.8 Å². The Morgan fingerprint density at radius 3 is 2.67 bits per heavy atom. The quantitative estimate of drug-likeness (QED) is 0.667. The Kier molecular flexibility index (Phi) is 7.16. The fraction of sp³-hybridized carbons (Fsp3) is 0.846. The van der Waals surface area contributed by atoms with Crippen molar-refractivity contribution in [2.75, 3.05) is 5.75 Å². The molecule has 4 nitrogen and oxygen atoms in total. The van der Waals surface area contributed by atoms with Crippen LogP contribution in [0.25, 0.3) is 0 Å². The van der Waals surface area contributed by atoms with Crippen LogP contribution in [0, 0.1) is 0 Å². The third kappa shape index (κ3) is 5.76. The van der Waals surface area contributed by atoms with Gasteiger partial charge in [-0.1, -0.05) is 13.3 Å². The van der Waals surface area contributed by atoms with Crippen LogP contribution in [0.1, 0.15) is 51.9 Å². The number of carbonyl (C=O) groups is 2. The third-order valence-corrected chi connectivity index (χ3v) is 4.55. The van der Waals surface area contributed by atoms with Gasteiger partial charge in [0.15, 0.2) is 0 Å². The van der Waals surface area contributed by atoms with Gasteiger partial charge in [-0.15, -0.1) is 0 Å². The van der Waals surface area contributed by atoms with Gasteiger partial charge in [-0.25, -0.2) is 0 Å². The second-order valence-corrected chi connectivity index (χ2v) is 6.22. The second-order valence-electron chi connectivity index (χ2n) is 4.70. The Hall–Kier alpha value is -0.710.